The molecule has 1 aliphatic heterocycles. The number of H-pyrrole nitrogens is 2. The molecule has 1 aliphatic carbocycles. The Morgan fingerprint density at radius 1 is 1.39 bits per heavy atom. The van der Waals surface area contributed by atoms with Crippen molar-refractivity contribution in [1.29, 1.82) is 0 Å². The molecule has 9 heteroatoms. The lowest BCUT2D eigenvalue weighted by atomic mass is 9.87. The normalized spacial score (nSPS) is 29.5. The molecule has 1 aromatic heterocycles. The van der Waals surface area contributed by atoms with Crippen LogP contribution < -0.4 is 11.2 Å². The van der Waals surface area contributed by atoms with E-state index in [1.807, 2.05) is 0 Å². The highest BCUT2D eigenvalue weighted by Gasteiger charge is 2.45. The summed E-state index contributed by atoms with van der Waals surface area (Å²) >= 11 is 0. The van der Waals surface area contributed by atoms with Gasteiger partial charge in [0.2, 0.25) is 5.92 Å². The molecule has 1 aromatic rings. The van der Waals surface area contributed by atoms with Gasteiger partial charge < -0.3 is 9.72 Å². The number of hydrogen-bond donors (Lipinski definition) is 2. The summed E-state index contributed by atoms with van der Waals surface area (Å²) in [5.74, 6) is -3.38. The van der Waals surface area contributed by atoms with Crippen molar-refractivity contribution in [2.24, 2.45) is 22.1 Å². The van der Waals surface area contributed by atoms with Crippen LogP contribution in [0, 0.1) is 11.8 Å². The minimum Gasteiger partial charge on any atom is -0.357 e. The fourth-order valence-corrected chi connectivity index (χ4v) is 3.12. The summed E-state index contributed by atoms with van der Waals surface area (Å²) in [7, 11) is 1.44. The highest BCUT2D eigenvalue weighted by molar-refractivity contribution is 5.63. The predicted octanol–water partition coefficient (Wildman–Crippen LogP) is 1.89. The highest BCUT2D eigenvalue weighted by Crippen LogP contribution is 2.45. The summed E-state index contributed by atoms with van der Waals surface area (Å²) in [4.78, 5) is 27.4. The number of halogens is 2. The predicted molar refractivity (Wildman–Crippen MR) is 77.1 cm³/mol. The van der Waals surface area contributed by atoms with Gasteiger partial charge in [-0.3, -0.25) is 9.78 Å². The lowest BCUT2D eigenvalue weighted by Gasteiger charge is -2.27. The summed E-state index contributed by atoms with van der Waals surface area (Å²) in [5.41, 5.74) is -0.854. The van der Waals surface area contributed by atoms with Gasteiger partial charge in [-0.05, 0) is 18.4 Å². The Balaban J connectivity index is 1.94. The molecule has 0 amide bonds. The Hall–Kier alpha value is -2.16. The van der Waals surface area contributed by atoms with Crippen molar-refractivity contribution >= 4 is 5.70 Å². The van der Waals surface area contributed by atoms with Crippen molar-refractivity contribution in [3.05, 3.63) is 38.7 Å². The summed E-state index contributed by atoms with van der Waals surface area (Å²) in [6.07, 6.45) is 2.18. The zero-order chi connectivity index (χ0) is 16.6. The number of nitrogens with zero attached hydrogens (tertiary/aromatic N) is 2. The molecule has 23 heavy (non-hydrogen) atoms. The number of aromatic amines is 2. The number of ether oxygens (including phenoxy) is 1. The van der Waals surface area contributed by atoms with E-state index < -0.39 is 29.3 Å². The first-order valence-electron chi connectivity index (χ1n) is 7.25. The average Bonchev–Trinajstić information content (AvgIpc) is 2.87. The molecule has 0 spiro atoms. The van der Waals surface area contributed by atoms with E-state index in [0.717, 1.165) is 0 Å². The Morgan fingerprint density at radius 3 is 2.78 bits per heavy atom. The molecule has 0 bridgehead atoms. The lowest BCUT2D eigenvalue weighted by molar-refractivity contribution is -0.00563. The first kappa shape index (κ1) is 15.7. The van der Waals surface area contributed by atoms with Gasteiger partial charge in [0.15, 0.2) is 6.23 Å². The third-order valence-electron chi connectivity index (χ3n) is 4.28. The standard InChI is InChI=1S/C14H16F2N4O3/c1-23-12-8(7-2-3-14(15,16)5-7)4-10(19-20-12)9-6-17-13(22)18-11(9)21/h4,6-8,12H,2-3,5H2,1H3,(H2,17,18,21,22). The summed E-state index contributed by atoms with van der Waals surface area (Å²) < 4.78 is 32.2. The molecule has 2 heterocycles. The first-order valence-corrected chi connectivity index (χ1v) is 7.25. The SMILES string of the molecule is COC1N=NC(c2c[nH]c(=O)[nH]c2=O)=CC1C1CCC(F)(F)C1. The Kier molecular flexibility index (Phi) is 3.97. The van der Waals surface area contributed by atoms with Crippen LogP contribution in [-0.2, 0) is 4.74 Å². The van der Waals surface area contributed by atoms with Crippen molar-refractivity contribution in [2.75, 3.05) is 7.11 Å². The number of rotatable bonds is 3. The van der Waals surface area contributed by atoms with E-state index in [-0.39, 0.29) is 30.0 Å². The van der Waals surface area contributed by atoms with Crippen LogP contribution in [0.5, 0.6) is 0 Å². The Bertz CT molecular complexity index is 768. The molecule has 3 unspecified atom stereocenters. The van der Waals surface area contributed by atoms with E-state index in [1.54, 1.807) is 6.08 Å². The Morgan fingerprint density at radius 2 is 2.17 bits per heavy atom. The van der Waals surface area contributed by atoms with Gasteiger partial charge in [0.05, 0.1) is 11.3 Å². The zero-order valence-electron chi connectivity index (χ0n) is 12.4. The van der Waals surface area contributed by atoms with Crippen LogP contribution in [0.2, 0.25) is 0 Å². The highest BCUT2D eigenvalue weighted by atomic mass is 19.3. The fourth-order valence-electron chi connectivity index (χ4n) is 3.12. The van der Waals surface area contributed by atoms with Crippen LogP contribution in [0.25, 0.3) is 5.70 Å². The largest absolute Gasteiger partial charge is 0.357 e. The molecule has 2 N–H and O–H groups in total. The molecular formula is C14H16F2N4O3. The summed E-state index contributed by atoms with van der Waals surface area (Å²) in [6, 6.07) is 0. The number of nitrogens with one attached hydrogen (secondary N) is 2. The van der Waals surface area contributed by atoms with Crippen LogP contribution in [0.15, 0.2) is 32.1 Å². The van der Waals surface area contributed by atoms with Crippen molar-refractivity contribution in [3.8, 4) is 0 Å². The van der Waals surface area contributed by atoms with Gasteiger partial charge >= 0.3 is 5.69 Å². The van der Waals surface area contributed by atoms with E-state index in [0.29, 0.717) is 6.42 Å². The number of aromatic nitrogens is 2. The molecule has 1 saturated carbocycles. The van der Waals surface area contributed by atoms with E-state index >= 15 is 0 Å². The van der Waals surface area contributed by atoms with Gasteiger partial charge in [0.25, 0.3) is 5.56 Å². The van der Waals surface area contributed by atoms with Crippen molar-refractivity contribution < 1.29 is 13.5 Å². The molecule has 0 aromatic carbocycles. The number of alkyl halides is 2. The average molecular weight is 326 g/mol. The van der Waals surface area contributed by atoms with Gasteiger partial charge in [-0.25, -0.2) is 13.6 Å². The second-order valence-corrected chi connectivity index (χ2v) is 5.82. The topological polar surface area (TPSA) is 99.7 Å². The smallest absolute Gasteiger partial charge is 0.325 e. The fraction of sp³-hybridized carbons (Fsp3) is 0.571. The number of azo groups is 1. The van der Waals surface area contributed by atoms with Crippen LogP contribution in [0.3, 0.4) is 0 Å². The molecule has 2 aliphatic rings. The van der Waals surface area contributed by atoms with Crippen LogP contribution >= 0.6 is 0 Å². The van der Waals surface area contributed by atoms with Crippen molar-refractivity contribution in [3.63, 3.8) is 0 Å². The maximum Gasteiger partial charge on any atom is 0.325 e. The molecule has 0 radical (unpaired) electrons. The quantitative estimate of drug-likeness (QED) is 0.887. The maximum absolute atomic E-state index is 13.5. The Labute approximate surface area is 129 Å². The maximum atomic E-state index is 13.5. The summed E-state index contributed by atoms with van der Waals surface area (Å²) in [6.45, 7) is 0. The third kappa shape index (κ3) is 3.14. The van der Waals surface area contributed by atoms with E-state index in [9.17, 15) is 18.4 Å². The van der Waals surface area contributed by atoms with Gasteiger partial charge in [0, 0.05) is 32.1 Å². The summed E-state index contributed by atoms with van der Waals surface area (Å²) in [5, 5.41) is 7.92. The molecule has 7 nitrogen and oxygen atoms in total. The van der Waals surface area contributed by atoms with E-state index in [1.165, 1.54) is 13.3 Å². The van der Waals surface area contributed by atoms with E-state index in [4.69, 9.17) is 4.74 Å². The minimum atomic E-state index is -2.68. The van der Waals surface area contributed by atoms with Crippen molar-refractivity contribution in [2.45, 2.75) is 31.4 Å². The van der Waals surface area contributed by atoms with Gasteiger partial charge in [-0.15, -0.1) is 0 Å². The first-order chi connectivity index (χ1) is 10.9. The van der Waals surface area contributed by atoms with Crippen LogP contribution in [0.1, 0.15) is 24.8 Å². The van der Waals surface area contributed by atoms with Gasteiger partial charge in [0.1, 0.15) is 0 Å². The molecule has 1 fully saturated rings. The third-order valence-corrected chi connectivity index (χ3v) is 4.28. The van der Waals surface area contributed by atoms with Crippen LogP contribution in [-0.4, -0.2) is 29.2 Å². The molecule has 3 rings (SSSR count). The number of methoxy groups -OCH3 is 1. The van der Waals surface area contributed by atoms with Crippen LogP contribution in [0.4, 0.5) is 8.78 Å². The van der Waals surface area contributed by atoms with Gasteiger partial charge in [-0.1, -0.05) is 0 Å². The number of hydrogen-bond acceptors (Lipinski definition) is 5. The monoisotopic (exact) mass is 326 g/mol. The zero-order valence-corrected chi connectivity index (χ0v) is 12.4. The second-order valence-electron chi connectivity index (χ2n) is 5.82. The lowest BCUT2D eigenvalue weighted by Crippen LogP contribution is -2.29. The van der Waals surface area contributed by atoms with E-state index in [2.05, 4.69) is 20.2 Å². The minimum absolute atomic E-state index is 0.137. The van der Waals surface area contributed by atoms with Crippen molar-refractivity contribution in [1.82, 2.24) is 9.97 Å². The molecule has 3 atom stereocenters. The molecule has 0 saturated heterocycles. The second kappa shape index (κ2) is 5.80. The molecule has 124 valence electrons. The van der Waals surface area contributed by atoms with Gasteiger partial charge in [-0.2, -0.15) is 10.2 Å². The molecular weight excluding hydrogens is 310 g/mol.